The Labute approximate surface area is 102 Å². The first-order valence-electron chi connectivity index (χ1n) is 7.28. The van der Waals surface area contributed by atoms with Crippen LogP contribution in [0.5, 0.6) is 0 Å². The molecule has 16 heavy (non-hydrogen) atoms. The lowest BCUT2D eigenvalue weighted by atomic mass is 9.96. The van der Waals surface area contributed by atoms with Crippen LogP contribution in [0.2, 0.25) is 0 Å². The number of hydrogen-bond donors (Lipinski definition) is 2. The zero-order chi connectivity index (χ0) is 12.1. The van der Waals surface area contributed by atoms with Crippen LogP contribution >= 0.6 is 0 Å². The summed E-state index contributed by atoms with van der Waals surface area (Å²) in [6, 6.07) is 0.851. The fraction of sp³-hybridized carbons (Fsp3) is 1.00. The molecule has 0 saturated heterocycles. The van der Waals surface area contributed by atoms with E-state index in [0.29, 0.717) is 0 Å². The number of unbranched alkanes of at least 4 members (excludes halogenated alkanes) is 3. The molecule has 0 amide bonds. The van der Waals surface area contributed by atoms with Gasteiger partial charge >= 0.3 is 0 Å². The predicted octanol–water partition coefficient (Wildman–Crippen LogP) is 3.45. The van der Waals surface area contributed by atoms with Gasteiger partial charge in [0.15, 0.2) is 0 Å². The van der Waals surface area contributed by atoms with Gasteiger partial charge in [-0.05, 0) is 32.4 Å². The van der Waals surface area contributed by atoms with Crippen molar-refractivity contribution in [3.63, 3.8) is 0 Å². The Morgan fingerprint density at radius 2 is 1.69 bits per heavy atom. The van der Waals surface area contributed by atoms with E-state index in [0.717, 1.165) is 19.1 Å². The summed E-state index contributed by atoms with van der Waals surface area (Å²) in [4.78, 5) is 0. The highest BCUT2D eigenvalue weighted by Crippen LogP contribution is 2.16. The average Bonchev–Trinajstić information content (AvgIpc) is 2.32. The van der Waals surface area contributed by atoms with Gasteiger partial charge in [-0.15, -0.1) is 0 Å². The third-order valence-electron chi connectivity index (χ3n) is 3.16. The van der Waals surface area contributed by atoms with E-state index in [1.807, 2.05) is 0 Å². The first-order chi connectivity index (χ1) is 7.85. The maximum absolute atomic E-state index is 5.27. The molecule has 0 aromatic rings. The summed E-state index contributed by atoms with van der Waals surface area (Å²) in [5.74, 6) is 0. The molecule has 0 aliphatic heterocycles. The van der Waals surface area contributed by atoms with Crippen LogP contribution in [0.25, 0.3) is 0 Å². The molecule has 1 fully saturated rings. The molecule has 0 unspecified atom stereocenters. The van der Waals surface area contributed by atoms with Crippen molar-refractivity contribution >= 4 is 0 Å². The zero-order valence-electron chi connectivity index (χ0n) is 11.4. The smallest absolute Gasteiger partial charge is 0.00669 e. The van der Waals surface area contributed by atoms with E-state index in [1.165, 1.54) is 57.8 Å². The second-order valence-corrected chi connectivity index (χ2v) is 4.74. The highest BCUT2D eigenvalue weighted by molar-refractivity contribution is 4.70. The van der Waals surface area contributed by atoms with Crippen LogP contribution in [-0.2, 0) is 0 Å². The molecule has 0 aromatic heterocycles. The summed E-state index contributed by atoms with van der Waals surface area (Å²) in [5.41, 5.74) is 5.27. The van der Waals surface area contributed by atoms with Crippen molar-refractivity contribution in [1.82, 2.24) is 5.32 Å². The van der Waals surface area contributed by atoms with Crippen LogP contribution in [0.4, 0.5) is 0 Å². The number of hydrogen-bond acceptors (Lipinski definition) is 2. The Morgan fingerprint density at radius 1 is 1.00 bits per heavy atom. The summed E-state index contributed by atoms with van der Waals surface area (Å²) in [6.07, 6.45) is 12.3. The first kappa shape index (κ1) is 15.9. The SMILES string of the molecule is CCCCCCN.CCNC1CCCCC1. The standard InChI is InChI=1S/C8H17N.C6H15N/c1-2-9-8-6-4-3-5-7-8;1-2-3-4-5-6-7/h8-9H,2-7H2,1H3;2-7H2,1H3. The lowest BCUT2D eigenvalue weighted by Gasteiger charge is -2.21. The number of nitrogens with two attached hydrogens (primary N) is 1. The van der Waals surface area contributed by atoms with Crippen LogP contribution < -0.4 is 11.1 Å². The second kappa shape index (κ2) is 13.0. The molecule has 2 nitrogen and oxygen atoms in total. The Kier molecular flexibility index (Phi) is 12.9. The maximum Gasteiger partial charge on any atom is 0.00669 e. The van der Waals surface area contributed by atoms with Crippen molar-refractivity contribution in [2.45, 2.75) is 77.7 Å². The summed E-state index contributed by atoms with van der Waals surface area (Å²) >= 11 is 0. The molecule has 1 saturated carbocycles. The summed E-state index contributed by atoms with van der Waals surface area (Å²) in [6.45, 7) is 6.40. The molecule has 1 aliphatic carbocycles. The van der Waals surface area contributed by atoms with Gasteiger partial charge in [0.2, 0.25) is 0 Å². The van der Waals surface area contributed by atoms with Crippen LogP contribution in [0.3, 0.4) is 0 Å². The largest absolute Gasteiger partial charge is 0.330 e. The van der Waals surface area contributed by atoms with Crippen molar-refractivity contribution in [2.75, 3.05) is 13.1 Å². The van der Waals surface area contributed by atoms with Gasteiger partial charge in [-0.25, -0.2) is 0 Å². The van der Waals surface area contributed by atoms with E-state index in [1.54, 1.807) is 0 Å². The fourth-order valence-electron chi connectivity index (χ4n) is 2.17. The molecular weight excluding hydrogens is 196 g/mol. The normalized spacial score (nSPS) is 16.7. The van der Waals surface area contributed by atoms with E-state index < -0.39 is 0 Å². The van der Waals surface area contributed by atoms with Crippen molar-refractivity contribution in [1.29, 1.82) is 0 Å². The van der Waals surface area contributed by atoms with Crippen LogP contribution in [0.15, 0.2) is 0 Å². The van der Waals surface area contributed by atoms with Gasteiger partial charge in [0, 0.05) is 6.04 Å². The summed E-state index contributed by atoms with van der Waals surface area (Å²) < 4.78 is 0. The van der Waals surface area contributed by atoms with Gasteiger partial charge in [-0.3, -0.25) is 0 Å². The van der Waals surface area contributed by atoms with Crippen molar-refractivity contribution in [2.24, 2.45) is 5.73 Å². The van der Waals surface area contributed by atoms with E-state index >= 15 is 0 Å². The van der Waals surface area contributed by atoms with E-state index in [9.17, 15) is 0 Å². The second-order valence-electron chi connectivity index (χ2n) is 4.74. The van der Waals surface area contributed by atoms with E-state index in [2.05, 4.69) is 19.2 Å². The average molecular weight is 228 g/mol. The summed E-state index contributed by atoms with van der Waals surface area (Å²) in [7, 11) is 0. The van der Waals surface area contributed by atoms with Crippen LogP contribution in [0.1, 0.15) is 71.6 Å². The highest BCUT2D eigenvalue weighted by atomic mass is 14.9. The Bertz CT molecular complexity index is 113. The van der Waals surface area contributed by atoms with Crippen molar-refractivity contribution in [3.8, 4) is 0 Å². The van der Waals surface area contributed by atoms with E-state index in [-0.39, 0.29) is 0 Å². The van der Waals surface area contributed by atoms with Gasteiger partial charge in [0.25, 0.3) is 0 Å². The molecule has 1 aliphatic rings. The fourth-order valence-corrected chi connectivity index (χ4v) is 2.17. The molecule has 0 bridgehead atoms. The third-order valence-corrected chi connectivity index (χ3v) is 3.16. The first-order valence-corrected chi connectivity index (χ1v) is 7.28. The third kappa shape index (κ3) is 10.4. The molecule has 0 aromatic carbocycles. The van der Waals surface area contributed by atoms with Gasteiger partial charge in [0.05, 0.1) is 0 Å². The molecule has 0 radical (unpaired) electrons. The molecule has 2 heteroatoms. The number of rotatable bonds is 6. The predicted molar refractivity (Wildman–Crippen MR) is 73.7 cm³/mol. The van der Waals surface area contributed by atoms with Gasteiger partial charge < -0.3 is 11.1 Å². The lowest BCUT2D eigenvalue weighted by molar-refractivity contribution is 0.380. The molecule has 0 spiro atoms. The Morgan fingerprint density at radius 3 is 2.19 bits per heavy atom. The van der Waals surface area contributed by atoms with Crippen LogP contribution in [0, 0.1) is 0 Å². The van der Waals surface area contributed by atoms with Gasteiger partial charge in [-0.1, -0.05) is 52.4 Å². The quantitative estimate of drug-likeness (QED) is 0.683. The van der Waals surface area contributed by atoms with Gasteiger partial charge in [-0.2, -0.15) is 0 Å². The molecule has 0 atom stereocenters. The Hall–Kier alpha value is -0.0800. The minimum Gasteiger partial charge on any atom is -0.330 e. The van der Waals surface area contributed by atoms with Crippen molar-refractivity contribution in [3.05, 3.63) is 0 Å². The molecule has 1 rings (SSSR count). The highest BCUT2D eigenvalue weighted by Gasteiger charge is 2.10. The maximum atomic E-state index is 5.27. The Balaban J connectivity index is 0.000000293. The topological polar surface area (TPSA) is 38.0 Å². The van der Waals surface area contributed by atoms with Gasteiger partial charge in [0.1, 0.15) is 0 Å². The zero-order valence-corrected chi connectivity index (χ0v) is 11.4. The van der Waals surface area contributed by atoms with E-state index in [4.69, 9.17) is 5.73 Å². The molecule has 98 valence electrons. The number of nitrogens with one attached hydrogen (secondary N) is 1. The minimum absolute atomic E-state index is 0.851. The molecule has 3 N–H and O–H groups in total. The lowest BCUT2D eigenvalue weighted by Crippen LogP contribution is -2.30. The molecule has 0 heterocycles. The monoisotopic (exact) mass is 228 g/mol. The molecular formula is C14H32N2. The summed E-state index contributed by atoms with van der Waals surface area (Å²) in [5, 5.41) is 3.48. The van der Waals surface area contributed by atoms with Crippen LogP contribution in [-0.4, -0.2) is 19.1 Å². The van der Waals surface area contributed by atoms with Crippen molar-refractivity contribution < 1.29 is 0 Å². The minimum atomic E-state index is 0.851.